The van der Waals surface area contributed by atoms with E-state index in [1.807, 2.05) is 6.07 Å². The molecule has 0 fully saturated rings. The highest BCUT2D eigenvalue weighted by Crippen LogP contribution is 2.23. The van der Waals surface area contributed by atoms with E-state index < -0.39 is 6.17 Å². The molecule has 0 radical (unpaired) electrons. The maximum atomic E-state index is 5.48. The fourth-order valence-electron chi connectivity index (χ4n) is 1.99. The van der Waals surface area contributed by atoms with Gasteiger partial charge in [-0.25, -0.2) is 19.9 Å². The van der Waals surface area contributed by atoms with E-state index in [4.69, 9.17) is 13.9 Å². The Bertz CT molecular complexity index is 731. The molecule has 0 atom stereocenters. The third kappa shape index (κ3) is 3.69. The summed E-state index contributed by atoms with van der Waals surface area (Å²) in [6.45, 7) is 0. The van der Waals surface area contributed by atoms with Gasteiger partial charge in [0.1, 0.15) is 30.1 Å². The SMILES string of the molecule is COc1cc(NC(Nc2cc(OC)ncn2)c2ccco2)ncn1. The van der Waals surface area contributed by atoms with Crippen molar-refractivity contribution in [3.05, 3.63) is 48.9 Å². The lowest BCUT2D eigenvalue weighted by Gasteiger charge is -2.19. The second kappa shape index (κ2) is 7.27. The fourth-order valence-corrected chi connectivity index (χ4v) is 1.99. The zero-order valence-electron chi connectivity index (χ0n) is 13.1. The van der Waals surface area contributed by atoms with Crippen LogP contribution in [0.2, 0.25) is 0 Å². The van der Waals surface area contributed by atoms with Gasteiger partial charge < -0.3 is 24.5 Å². The second-order valence-corrected chi connectivity index (χ2v) is 4.63. The van der Waals surface area contributed by atoms with Crippen LogP contribution in [0.25, 0.3) is 0 Å². The molecule has 0 unspecified atom stereocenters. The van der Waals surface area contributed by atoms with Crippen molar-refractivity contribution in [2.75, 3.05) is 24.9 Å². The molecule has 3 aromatic heterocycles. The number of ether oxygens (including phenoxy) is 2. The van der Waals surface area contributed by atoms with E-state index in [2.05, 4.69) is 30.6 Å². The summed E-state index contributed by atoms with van der Waals surface area (Å²) >= 11 is 0. The number of hydrogen-bond acceptors (Lipinski definition) is 9. The monoisotopic (exact) mass is 328 g/mol. The van der Waals surface area contributed by atoms with Crippen LogP contribution >= 0.6 is 0 Å². The molecule has 3 rings (SSSR count). The molecule has 24 heavy (non-hydrogen) atoms. The van der Waals surface area contributed by atoms with E-state index >= 15 is 0 Å². The summed E-state index contributed by atoms with van der Waals surface area (Å²) in [7, 11) is 3.09. The summed E-state index contributed by atoms with van der Waals surface area (Å²) < 4.78 is 15.7. The van der Waals surface area contributed by atoms with Gasteiger partial charge in [0, 0.05) is 12.1 Å². The van der Waals surface area contributed by atoms with E-state index in [-0.39, 0.29) is 0 Å². The summed E-state index contributed by atoms with van der Waals surface area (Å²) in [6, 6.07) is 6.99. The van der Waals surface area contributed by atoms with Crippen LogP contribution in [0.5, 0.6) is 11.8 Å². The van der Waals surface area contributed by atoms with Gasteiger partial charge in [0.15, 0.2) is 6.17 Å². The third-order valence-electron chi connectivity index (χ3n) is 3.11. The van der Waals surface area contributed by atoms with Crippen LogP contribution in [-0.2, 0) is 0 Å². The van der Waals surface area contributed by atoms with E-state index in [0.717, 1.165) is 0 Å². The maximum Gasteiger partial charge on any atom is 0.218 e. The first kappa shape index (κ1) is 15.5. The quantitative estimate of drug-likeness (QED) is 0.630. The molecular formula is C15H16N6O3. The topological polar surface area (TPSA) is 107 Å². The van der Waals surface area contributed by atoms with E-state index in [9.17, 15) is 0 Å². The highest BCUT2D eigenvalue weighted by molar-refractivity contribution is 5.45. The minimum atomic E-state index is -0.417. The molecule has 2 N–H and O–H groups in total. The Morgan fingerprint density at radius 1 is 0.917 bits per heavy atom. The third-order valence-corrected chi connectivity index (χ3v) is 3.11. The predicted octanol–water partition coefficient (Wildman–Crippen LogP) is 2.10. The molecule has 3 aromatic rings. The minimum absolute atomic E-state index is 0.417. The zero-order valence-corrected chi connectivity index (χ0v) is 13.1. The van der Waals surface area contributed by atoms with E-state index in [1.165, 1.54) is 12.7 Å². The van der Waals surface area contributed by atoms with Gasteiger partial charge in [0.2, 0.25) is 11.8 Å². The van der Waals surface area contributed by atoms with Gasteiger partial charge in [-0.15, -0.1) is 0 Å². The molecule has 0 aliphatic heterocycles. The Balaban J connectivity index is 1.83. The Morgan fingerprint density at radius 3 is 1.96 bits per heavy atom. The summed E-state index contributed by atoms with van der Waals surface area (Å²) in [6.07, 6.45) is 3.99. The molecule has 0 aromatic carbocycles. The van der Waals surface area contributed by atoms with Crippen molar-refractivity contribution in [2.45, 2.75) is 6.17 Å². The van der Waals surface area contributed by atoms with Crippen LogP contribution in [0.1, 0.15) is 11.9 Å². The predicted molar refractivity (Wildman–Crippen MR) is 85.9 cm³/mol. The van der Waals surface area contributed by atoms with Crippen molar-refractivity contribution in [1.29, 1.82) is 0 Å². The first-order valence-corrected chi connectivity index (χ1v) is 7.07. The summed E-state index contributed by atoms with van der Waals surface area (Å²) in [5.74, 6) is 2.70. The smallest absolute Gasteiger partial charge is 0.218 e. The Kier molecular flexibility index (Phi) is 4.70. The summed E-state index contributed by atoms with van der Waals surface area (Å²) in [5, 5.41) is 6.41. The van der Waals surface area contributed by atoms with Crippen LogP contribution in [0.3, 0.4) is 0 Å². The number of methoxy groups -OCH3 is 2. The molecule has 0 amide bonds. The molecule has 9 nitrogen and oxygen atoms in total. The molecule has 3 heterocycles. The lowest BCUT2D eigenvalue weighted by Crippen LogP contribution is -2.20. The van der Waals surface area contributed by atoms with Gasteiger partial charge >= 0.3 is 0 Å². The number of anilines is 2. The molecular weight excluding hydrogens is 312 g/mol. The highest BCUT2D eigenvalue weighted by Gasteiger charge is 2.16. The lowest BCUT2D eigenvalue weighted by atomic mass is 10.3. The normalized spacial score (nSPS) is 10.5. The second-order valence-electron chi connectivity index (χ2n) is 4.63. The van der Waals surface area contributed by atoms with Crippen molar-refractivity contribution < 1.29 is 13.9 Å². The first-order valence-electron chi connectivity index (χ1n) is 7.07. The highest BCUT2D eigenvalue weighted by atomic mass is 16.5. The fraction of sp³-hybridized carbons (Fsp3) is 0.200. The van der Waals surface area contributed by atoms with Crippen molar-refractivity contribution in [3.8, 4) is 11.8 Å². The van der Waals surface area contributed by atoms with Crippen LogP contribution in [0.15, 0.2) is 47.6 Å². The zero-order chi connectivity index (χ0) is 16.8. The molecule has 0 aliphatic carbocycles. The van der Waals surface area contributed by atoms with Gasteiger partial charge in [0.05, 0.1) is 20.5 Å². The number of rotatable bonds is 7. The minimum Gasteiger partial charge on any atom is -0.481 e. The molecule has 0 spiro atoms. The van der Waals surface area contributed by atoms with Crippen molar-refractivity contribution in [2.24, 2.45) is 0 Å². The van der Waals surface area contributed by atoms with Crippen LogP contribution in [0, 0.1) is 0 Å². The number of furan rings is 1. The largest absolute Gasteiger partial charge is 0.481 e. The van der Waals surface area contributed by atoms with Crippen molar-refractivity contribution in [1.82, 2.24) is 19.9 Å². The standard InChI is InChI=1S/C15H16N6O3/c1-22-13-6-11(16-8-18-13)20-15(10-4-3-5-24-10)21-12-7-14(23-2)19-9-17-12/h3-9,15H,1-2H3,(H,16,18,20)(H,17,19,21). The van der Waals surface area contributed by atoms with Crippen LogP contribution in [-0.4, -0.2) is 34.2 Å². The van der Waals surface area contributed by atoms with Gasteiger partial charge in [-0.2, -0.15) is 0 Å². The Hall–Kier alpha value is -3.36. The maximum absolute atomic E-state index is 5.48. The Labute approximate surface area is 138 Å². The van der Waals surface area contributed by atoms with Gasteiger partial charge in [-0.1, -0.05) is 0 Å². The number of aromatic nitrogens is 4. The Morgan fingerprint density at radius 2 is 1.50 bits per heavy atom. The van der Waals surface area contributed by atoms with Gasteiger partial charge in [-0.05, 0) is 12.1 Å². The molecule has 0 saturated carbocycles. The van der Waals surface area contributed by atoms with Crippen molar-refractivity contribution >= 4 is 11.6 Å². The van der Waals surface area contributed by atoms with Gasteiger partial charge in [-0.3, -0.25) is 0 Å². The first-order chi connectivity index (χ1) is 11.8. The number of nitrogens with zero attached hydrogens (tertiary/aromatic N) is 4. The molecule has 124 valence electrons. The molecule has 0 aliphatic rings. The van der Waals surface area contributed by atoms with E-state index in [1.54, 1.807) is 38.7 Å². The van der Waals surface area contributed by atoms with Crippen molar-refractivity contribution in [3.63, 3.8) is 0 Å². The number of hydrogen-bond donors (Lipinski definition) is 2. The van der Waals surface area contributed by atoms with Crippen LogP contribution < -0.4 is 20.1 Å². The molecule has 0 saturated heterocycles. The molecule has 0 bridgehead atoms. The van der Waals surface area contributed by atoms with E-state index in [0.29, 0.717) is 29.2 Å². The average molecular weight is 328 g/mol. The lowest BCUT2D eigenvalue weighted by molar-refractivity contribution is 0.397. The van der Waals surface area contributed by atoms with Gasteiger partial charge in [0.25, 0.3) is 0 Å². The molecule has 9 heteroatoms. The van der Waals surface area contributed by atoms with Crippen LogP contribution in [0.4, 0.5) is 11.6 Å². The summed E-state index contributed by atoms with van der Waals surface area (Å²) in [5.41, 5.74) is 0. The average Bonchev–Trinajstić information content (AvgIpc) is 3.16. The summed E-state index contributed by atoms with van der Waals surface area (Å²) in [4.78, 5) is 16.3. The number of nitrogens with one attached hydrogen (secondary N) is 2.